The second-order valence-corrected chi connectivity index (χ2v) is 5.21. The fourth-order valence-electron chi connectivity index (χ4n) is 3.05. The van der Waals surface area contributed by atoms with Gasteiger partial charge in [0.05, 0.1) is 6.61 Å². The molecule has 1 unspecified atom stereocenters. The van der Waals surface area contributed by atoms with E-state index in [1.165, 1.54) is 24.2 Å². The molecule has 0 radical (unpaired) electrons. The van der Waals surface area contributed by atoms with Crippen LogP contribution in [0.1, 0.15) is 25.3 Å². The molecule has 0 saturated carbocycles. The maximum atomic E-state index is 5.89. The molecule has 0 amide bonds. The van der Waals surface area contributed by atoms with Gasteiger partial charge in [0.25, 0.3) is 0 Å². The lowest BCUT2D eigenvalue weighted by molar-refractivity contribution is 0.314. The van der Waals surface area contributed by atoms with Crippen LogP contribution in [0.15, 0.2) is 18.2 Å². The third kappa shape index (κ3) is 2.07. The highest BCUT2D eigenvalue weighted by atomic mass is 16.5. The Balaban J connectivity index is 1.87. The van der Waals surface area contributed by atoms with Gasteiger partial charge in [0.1, 0.15) is 5.75 Å². The Morgan fingerprint density at radius 1 is 1.44 bits per heavy atom. The maximum absolute atomic E-state index is 5.89. The standard InChI is InChI=1S/C15H22N2O/c1-2-9-18-15-6-3-5-14-13(15)10-12-11-16-7-4-8-17(12)14/h3,5-6,12,16H,2,4,7-11H2,1H3. The van der Waals surface area contributed by atoms with Crippen molar-refractivity contribution in [2.45, 2.75) is 32.2 Å². The van der Waals surface area contributed by atoms with Gasteiger partial charge in [-0.15, -0.1) is 0 Å². The first-order chi connectivity index (χ1) is 8.90. The van der Waals surface area contributed by atoms with Crippen LogP contribution >= 0.6 is 0 Å². The Morgan fingerprint density at radius 2 is 2.39 bits per heavy atom. The summed E-state index contributed by atoms with van der Waals surface area (Å²) >= 11 is 0. The lowest BCUT2D eigenvalue weighted by atomic mass is 10.1. The molecule has 3 nitrogen and oxygen atoms in total. The summed E-state index contributed by atoms with van der Waals surface area (Å²) in [5.74, 6) is 1.10. The summed E-state index contributed by atoms with van der Waals surface area (Å²) in [7, 11) is 0. The van der Waals surface area contributed by atoms with Crippen molar-refractivity contribution in [1.29, 1.82) is 0 Å². The Morgan fingerprint density at radius 3 is 3.28 bits per heavy atom. The Bertz CT molecular complexity index is 419. The third-order valence-corrected chi connectivity index (χ3v) is 3.89. The predicted molar refractivity (Wildman–Crippen MR) is 74.6 cm³/mol. The van der Waals surface area contributed by atoms with Gasteiger partial charge in [0.2, 0.25) is 0 Å². The average Bonchev–Trinajstić information content (AvgIpc) is 2.59. The highest BCUT2D eigenvalue weighted by molar-refractivity contribution is 5.64. The van der Waals surface area contributed by atoms with Gasteiger partial charge in [-0.3, -0.25) is 0 Å². The zero-order valence-electron chi connectivity index (χ0n) is 11.1. The van der Waals surface area contributed by atoms with Crippen molar-refractivity contribution >= 4 is 5.69 Å². The Labute approximate surface area is 109 Å². The number of rotatable bonds is 3. The van der Waals surface area contributed by atoms with Crippen LogP contribution in [0.25, 0.3) is 0 Å². The maximum Gasteiger partial charge on any atom is 0.124 e. The molecule has 18 heavy (non-hydrogen) atoms. The van der Waals surface area contributed by atoms with Gasteiger partial charge < -0.3 is 15.0 Å². The second-order valence-electron chi connectivity index (χ2n) is 5.21. The molecule has 3 rings (SSSR count). The monoisotopic (exact) mass is 246 g/mol. The first-order valence-corrected chi connectivity index (χ1v) is 7.12. The van der Waals surface area contributed by atoms with Crippen molar-refractivity contribution in [3.05, 3.63) is 23.8 Å². The SMILES string of the molecule is CCCOc1cccc2c1CC1CNCCCN21. The van der Waals surface area contributed by atoms with Crippen LogP contribution in [0.3, 0.4) is 0 Å². The smallest absolute Gasteiger partial charge is 0.124 e. The van der Waals surface area contributed by atoms with E-state index >= 15 is 0 Å². The summed E-state index contributed by atoms with van der Waals surface area (Å²) in [6.45, 7) is 6.39. The highest BCUT2D eigenvalue weighted by Gasteiger charge is 2.31. The zero-order chi connectivity index (χ0) is 12.4. The topological polar surface area (TPSA) is 24.5 Å². The van der Waals surface area contributed by atoms with Gasteiger partial charge in [-0.1, -0.05) is 13.0 Å². The van der Waals surface area contributed by atoms with E-state index in [1.807, 2.05) is 0 Å². The van der Waals surface area contributed by atoms with Gasteiger partial charge in [-0.2, -0.15) is 0 Å². The summed E-state index contributed by atoms with van der Waals surface area (Å²) in [6.07, 6.45) is 3.43. The van der Waals surface area contributed by atoms with Gasteiger partial charge in [-0.05, 0) is 37.9 Å². The van der Waals surface area contributed by atoms with Crippen molar-refractivity contribution in [2.24, 2.45) is 0 Å². The lowest BCUT2D eigenvalue weighted by Gasteiger charge is -2.24. The van der Waals surface area contributed by atoms with Crippen molar-refractivity contribution in [2.75, 3.05) is 31.1 Å². The molecule has 1 aromatic carbocycles. The molecule has 1 fully saturated rings. The number of fused-ring (bicyclic) bond motifs is 3. The van der Waals surface area contributed by atoms with E-state index in [-0.39, 0.29) is 0 Å². The van der Waals surface area contributed by atoms with Gasteiger partial charge in [0, 0.05) is 30.4 Å². The quantitative estimate of drug-likeness (QED) is 0.885. The van der Waals surface area contributed by atoms with E-state index in [2.05, 4.69) is 35.3 Å². The van der Waals surface area contributed by atoms with Crippen LogP contribution in [0, 0.1) is 0 Å². The minimum Gasteiger partial charge on any atom is -0.493 e. The van der Waals surface area contributed by atoms with Crippen LogP contribution in [0.4, 0.5) is 5.69 Å². The number of anilines is 1. The number of hydrogen-bond donors (Lipinski definition) is 1. The molecule has 1 atom stereocenters. The Hall–Kier alpha value is -1.22. The summed E-state index contributed by atoms with van der Waals surface area (Å²) in [5.41, 5.74) is 2.82. The highest BCUT2D eigenvalue weighted by Crippen LogP contribution is 2.38. The van der Waals surface area contributed by atoms with E-state index in [0.29, 0.717) is 6.04 Å². The van der Waals surface area contributed by atoms with Gasteiger partial charge in [0.15, 0.2) is 0 Å². The molecule has 2 heterocycles. The molecular formula is C15H22N2O. The van der Waals surface area contributed by atoms with E-state index in [4.69, 9.17) is 4.74 Å². The molecular weight excluding hydrogens is 224 g/mol. The molecule has 1 aromatic rings. The van der Waals surface area contributed by atoms with Gasteiger partial charge in [-0.25, -0.2) is 0 Å². The molecule has 0 spiro atoms. The minimum absolute atomic E-state index is 0.619. The van der Waals surface area contributed by atoms with E-state index in [9.17, 15) is 0 Å². The zero-order valence-corrected chi connectivity index (χ0v) is 11.1. The van der Waals surface area contributed by atoms with Crippen molar-refractivity contribution in [3.8, 4) is 5.75 Å². The largest absolute Gasteiger partial charge is 0.493 e. The average molecular weight is 246 g/mol. The Kier molecular flexibility index (Phi) is 3.41. The number of benzene rings is 1. The van der Waals surface area contributed by atoms with Crippen LogP contribution in [-0.2, 0) is 6.42 Å². The first kappa shape index (κ1) is 11.8. The molecule has 2 aliphatic rings. The number of hydrogen-bond acceptors (Lipinski definition) is 3. The summed E-state index contributed by atoms with van der Waals surface area (Å²) in [4.78, 5) is 2.56. The number of nitrogens with one attached hydrogen (secondary N) is 1. The van der Waals surface area contributed by atoms with Crippen LogP contribution in [-0.4, -0.2) is 32.3 Å². The van der Waals surface area contributed by atoms with E-state index in [0.717, 1.165) is 38.3 Å². The third-order valence-electron chi connectivity index (χ3n) is 3.89. The summed E-state index contributed by atoms with van der Waals surface area (Å²) in [5, 5.41) is 3.53. The molecule has 0 aromatic heterocycles. The van der Waals surface area contributed by atoms with Crippen molar-refractivity contribution in [1.82, 2.24) is 5.32 Å². The van der Waals surface area contributed by atoms with Crippen molar-refractivity contribution < 1.29 is 4.74 Å². The fourth-order valence-corrected chi connectivity index (χ4v) is 3.05. The summed E-state index contributed by atoms with van der Waals surface area (Å²) in [6, 6.07) is 7.12. The number of nitrogens with zero attached hydrogens (tertiary/aromatic N) is 1. The van der Waals surface area contributed by atoms with Gasteiger partial charge >= 0.3 is 0 Å². The lowest BCUT2D eigenvalue weighted by Crippen LogP contribution is -2.36. The van der Waals surface area contributed by atoms with Crippen LogP contribution in [0.5, 0.6) is 5.75 Å². The molecule has 3 heteroatoms. The molecule has 2 aliphatic heterocycles. The van der Waals surface area contributed by atoms with Crippen LogP contribution < -0.4 is 15.0 Å². The molecule has 98 valence electrons. The fraction of sp³-hybridized carbons (Fsp3) is 0.600. The summed E-state index contributed by atoms with van der Waals surface area (Å²) < 4.78 is 5.89. The normalized spacial score (nSPS) is 22.3. The molecule has 0 aliphatic carbocycles. The minimum atomic E-state index is 0.619. The van der Waals surface area contributed by atoms with Crippen molar-refractivity contribution in [3.63, 3.8) is 0 Å². The molecule has 1 N–H and O–H groups in total. The first-order valence-electron chi connectivity index (χ1n) is 7.12. The van der Waals surface area contributed by atoms with Crippen LogP contribution in [0.2, 0.25) is 0 Å². The predicted octanol–water partition coefficient (Wildman–Crippen LogP) is 2.20. The van der Waals surface area contributed by atoms with E-state index in [1.54, 1.807) is 0 Å². The second kappa shape index (κ2) is 5.19. The number of ether oxygens (including phenoxy) is 1. The molecule has 1 saturated heterocycles. The van der Waals surface area contributed by atoms with E-state index < -0.39 is 0 Å². The molecule has 0 bridgehead atoms.